The van der Waals surface area contributed by atoms with Crippen molar-refractivity contribution in [2.24, 2.45) is 0 Å². The van der Waals surface area contributed by atoms with Crippen LogP contribution in [0.25, 0.3) is 10.9 Å². The van der Waals surface area contributed by atoms with E-state index in [4.69, 9.17) is 0 Å². The molecule has 0 spiro atoms. The summed E-state index contributed by atoms with van der Waals surface area (Å²) in [6.45, 7) is 1.41. The molecule has 0 unspecified atom stereocenters. The number of amides is 1. The number of rotatable bonds is 2. The molecule has 1 aromatic heterocycles. The molecule has 1 fully saturated rings. The van der Waals surface area contributed by atoms with Gasteiger partial charge >= 0.3 is 0 Å². The molecule has 1 saturated carbocycles. The molecule has 1 N–H and O–H groups in total. The quantitative estimate of drug-likeness (QED) is 0.600. The summed E-state index contributed by atoms with van der Waals surface area (Å²) in [6, 6.07) is 16.3. The number of carbonyl (C=O) groups is 1. The Morgan fingerprint density at radius 2 is 1.74 bits per heavy atom. The van der Waals surface area contributed by atoms with Crippen molar-refractivity contribution in [1.29, 1.82) is 0 Å². The third-order valence-electron chi connectivity index (χ3n) is 4.85. The molecular formula is C23H25FN2O. The highest BCUT2D eigenvalue weighted by molar-refractivity contribution is 5.88. The SMILES string of the molecule is CC(=O)Nc1ccc(F)cc1.c1ccc2ncc(C3CCCCC3)cc2c1. The maximum Gasteiger partial charge on any atom is 0.221 e. The van der Waals surface area contributed by atoms with Gasteiger partial charge in [-0.25, -0.2) is 4.39 Å². The zero-order valence-corrected chi connectivity index (χ0v) is 15.6. The van der Waals surface area contributed by atoms with Gasteiger partial charge in [0.1, 0.15) is 5.82 Å². The van der Waals surface area contributed by atoms with Gasteiger partial charge in [-0.1, -0.05) is 37.5 Å². The largest absolute Gasteiger partial charge is 0.326 e. The van der Waals surface area contributed by atoms with Gasteiger partial charge in [0.2, 0.25) is 5.91 Å². The highest BCUT2D eigenvalue weighted by Crippen LogP contribution is 2.33. The molecule has 3 aromatic rings. The van der Waals surface area contributed by atoms with Crippen molar-refractivity contribution in [3.05, 3.63) is 72.2 Å². The van der Waals surface area contributed by atoms with E-state index in [1.165, 1.54) is 74.2 Å². The number of aromatic nitrogens is 1. The van der Waals surface area contributed by atoms with E-state index >= 15 is 0 Å². The number of pyridine rings is 1. The highest BCUT2D eigenvalue weighted by atomic mass is 19.1. The third-order valence-corrected chi connectivity index (χ3v) is 4.85. The molecule has 0 aliphatic heterocycles. The molecule has 3 nitrogen and oxygen atoms in total. The molecule has 4 rings (SSSR count). The second-order valence-corrected chi connectivity index (χ2v) is 6.98. The summed E-state index contributed by atoms with van der Waals surface area (Å²) in [5, 5.41) is 3.81. The molecule has 1 amide bonds. The smallest absolute Gasteiger partial charge is 0.221 e. The van der Waals surface area contributed by atoms with Gasteiger partial charge in [0.15, 0.2) is 0 Å². The zero-order valence-electron chi connectivity index (χ0n) is 15.6. The van der Waals surface area contributed by atoms with Gasteiger partial charge in [-0.15, -0.1) is 0 Å². The zero-order chi connectivity index (χ0) is 19.1. The summed E-state index contributed by atoms with van der Waals surface area (Å²) < 4.78 is 12.3. The maximum absolute atomic E-state index is 12.3. The Morgan fingerprint density at radius 1 is 1.04 bits per heavy atom. The van der Waals surface area contributed by atoms with Crippen LogP contribution in [0.1, 0.15) is 50.5 Å². The lowest BCUT2D eigenvalue weighted by Gasteiger charge is -2.21. The minimum atomic E-state index is -0.306. The Morgan fingerprint density at radius 3 is 2.44 bits per heavy atom. The molecule has 0 bridgehead atoms. The molecule has 1 heterocycles. The molecule has 2 aromatic carbocycles. The van der Waals surface area contributed by atoms with E-state index in [-0.39, 0.29) is 11.7 Å². The number of anilines is 1. The first-order valence-electron chi connectivity index (χ1n) is 9.49. The van der Waals surface area contributed by atoms with Crippen molar-refractivity contribution in [3.63, 3.8) is 0 Å². The Bertz CT molecular complexity index is 886. The van der Waals surface area contributed by atoms with Crippen LogP contribution < -0.4 is 5.32 Å². The van der Waals surface area contributed by atoms with Crippen LogP contribution in [0, 0.1) is 5.82 Å². The molecule has 140 valence electrons. The van der Waals surface area contributed by atoms with Crippen molar-refractivity contribution >= 4 is 22.5 Å². The number of hydrogen-bond acceptors (Lipinski definition) is 2. The fraction of sp³-hybridized carbons (Fsp3) is 0.304. The summed E-state index contributed by atoms with van der Waals surface area (Å²) in [5.41, 5.74) is 3.17. The van der Waals surface area contributed by atoms with Crippen LogP contribution in [0.2, 0.25) is 0 Å². The van der Waals surface area contributed by atoms with Gasteiger partial charge in [-0.05, 0) is 60.7 Å². The molecule has 27 heavy (non-hydrogen) atoms. The first kappa shape index (κ1) is 19.0. The average Bonchev–Trinajstić information content (AvgIpc) is 2.70. The van der Waals surface area contributed by atoms with Gasteiger partial charge in [-0.2, -0.15) is 0 Å². The molecule has 0 atom stereocenters. The minimum absolute atomic E-state index is 0.156. The van der Waals surface area contributed by atoms with Gasteiger partial charge in [0.25, 0.3) is 0 Å². The van der Waals surface area contributed by atoms with Crippen LogP contribution >= 0.6 is 0 Å². The van der Waals surface area contributed by atoms with Crippen LogP contribution in [0.3, 0.4) is 0 Å². The predicted octanol–water partition coefficient (Wildman–Crippen LogP) is 6.07. The Hall–Kier alpha value is -2.75. The third kappa shape index (κ3) is 5.61. The number of para-hydroxylation sites is 1. The fourth-order valence-electron chi connectivity index (χ4n) is 3.48. The fourth-order valence-corrected chi connectivity index (χ4v) is 3.48. The number of hydrogen-bond donors (Lipinski definition) is 1. The van der Waals surface area contributed by atoms with E-state index < -0.39 is 0 Å². The number of carbonyl (C=O) groups excluding carboxylic acids is 1. The van der Waals surface area contributed by atoms with Crippen LogP contribution in [0.5, 0.6) is 0 Å². The second kappa shape index (κ2) is 9.26. The summed E-state index contributed by atoms with van der Waals surface area (Å²) in [5.74, 6) is 0.293. The molecule has 1 aliphatic rings. The van der Waals surface area contributed by atoms with Crippen molar-refractivity contribution in [1.82, 2.24) is 4.98 Å². The van der Waals surface area contributed by atoms with Crippen molar-refractivity contribution in [2.75, 3.05) is 5.32 Å². The van der Waals surface area contributed by atoms with Gasteiger partial charge in [-0.3, -0.25) is 9.78 Å². The van der Waals surface area contributed by atoms with E-state index in [1.54, 1.807) is 0 Å². The molecule has 4 heteroatoms. The monoisotopic (exact) mass is 364 g/mol. The number of fused-ring (bicyclic) bond motifs is 1. The first-order valence-corrected chi connectivity index (χ1v) is 9.49. The highest BCUT2D eigenvalue weighted by Gasteiger charge is 2.15. The van der Waals surface area contributed by atoms with Crippen LogP contribution in [-0.4, -0.2) is 10.9 Å². The van der Waals surface area contributed by atoms with E-state index in [9.17, 15) is 9.18 Å². The summed E-state index contributed by atoms with van der Waals surface area (Å²) >= 11 is 0. The van der Waals surface area contributed by atoms with E-state index in [0.29, 0.717) is 5.69 Å². The standard InChI is InChI=1S/C15H17N.C8H8FNO/c1-2-6-12(7-3-1)14-10-13-8-4-5-9-15(13)16-11-14;1-6(11)10-8-4-2-7(9)3-5-8/h4-5,8-12H,1-3,6-7H2;2-5H,1H3,(H,10,11). The lowest BCUT2D eigenvalue weighted by molar-refractivity contribution is -0.114. The molecule has 0 saturated heterocycles. The average molecular weight is 364 g/mol. The van der Waals surface area contributed by atoms with E-state index in [2.05, 4.69) is 46.8 Å². The molecule has 0 radical (unpaired) electrons. The Labute approximate surface area is 159 Å². The predicted molar refractivity (Wildman–Crippen MR) is 108 cm³/mol. The van der Waals surface area contributed by atoms with Gasteiger partial charge < -0.3 is 5.32 Å². The second-order valence-electron chi connectivity index (χ2n) is 6.98. The van der Waals surface area contributed by atoms with Crippen molar-refractivity contribution in [3.8, 4) is 0 Å². The van der Waals surface area contributed by atoms with Crippen molar-refractivity contribution < 1.29 is 9.18 Å². The van der Waals surface area contributed by atoms with Gasteiger partial charge in [0, 0.05) is 24.2 Å². The number of benzene rings is 2. The van der Waals surface area contributed by atoms with Crippen LogP contribution in [0.4, 0.5) is 10.1 Å². The van der Waals surface area contributed by atoms with Crippen LogP contribution in [-0.2, 0) is 4.79 Å². The lowest BCUT2D eigenvalue weighted by Crippen LogP contribution is -2.05. The number of nitrogens with one attached hydrogen (secondary N) is 1. The molecule has 1 aliphatic carbocycles. The number of nitrogens with zero attached hydrogens (tertiary/aromatic N) is 1. The first-order chi connectivity index (χ1) is 13.1. The summed E-state index contributed by atoms with van der Waals surface area (Å²) in [6.07, 6.45) is 8.96. The van der Waals surface area contributed by atoms with E-state index in [0.717, 1.165) is 11.4 Å². The van der Waals surface area contributed by atoms with Crippen LogP contribution in [0.15, 0.2) is 60.8 Å². The lowest BCUT2D eigenvalue weighted by atomic mass is 9.84. The van der Waals surface area contributed by atoms with Gasteiger partial charge in [0.05, 0.1) is 5.52 Å². The normalized spacial score (nSPS) is 14.3. The van der Waals surface area contributed by atoms with Crippen molar-refractivity contribution in [2.45, 2.75) is 44.9 Å². The minimum Gasteiger partial charge on any atom is -0.326 e. The number of halogens is 1. The molecular weight excluding hydrogens is 339 g/mol. The maximum atomic E-state index is 12.3. The summed E-state index contributed by atoms with van der Waals surface area (Å²) in [4.78, 5) is 15.0. The Kier molecular flexibility index (Phi) is 6.53. The summed E-state index contributed by atoms with van der Waals surface area (Å²) in [7, 11) is 0. The topological polar surface area (TPSA) is 42.0 Å². The Balaban J connectivity index is 0.000000168. The van der Waals surface area contributed by atoms with E-state index in [1.807, 2.05) is 0 Å².